The van der Waals surface area contributed by atoms with Crippen LogP contribution in [0.3, 0.4) is 0 Å². The van der Waals surface area contributed by atoms with Crippen molar-refractivity contribution in [1.29, 1.82) is 0 Å². The number of para-hydroxylation sites is 1. The second kappa shape index (κ2) is 8.90. The van der Waals surface area contributed by atoms with Gasteiger partial charge in [0, 0.05) is 30.5 Å². The lowest BCUT2D eigenvalue weighted by Crippen LogP contribution is -2.02. The van der Waals surface area contributed by atoms with E-state index >= 15 is 0 Å². The number of nitrogens with one attached hydrogen (secondary N) is 1. The Morgan fingerprint density at radius 2 is 1.96 bits per heavy atom. The predicted octanol–water partition coefficient (Wildman–Crippen LogP) is 4.91. The van der Waals surface area contributed by atoms with Crippen LogP contribution in [-0.4, -0.2) is 35.2 Å². The number of hydrogen-bond donors (Lipinski definition) is 2. The van der Waals surface area contributed by atoms with Crippen molar-refractivity contribution in [2.24, 2.45) is 4.99 Å². The molecule has 144 valence electrons. The number of aliphatic imine (C=N–C) groups is 1. The third kappa shape index (κ3) is 4.40. The lowest BCUT2D eigenvalue weighted by Gasteiger charge is -2.10. The van der Waals surface area contributed by atoms with Crippen LogP contribution in [0.4, 0.5) is 0 Å². The molecule has 3 aromatic rings. The summed E-state index contributed by atoms with van der Waals surface area (Å²) in [4.78, 5) is 3.99. The van der Waals surface area contributed by atoms with Crippen LogP contribution in [0.1, 0.15) is 12.6 Å². The first-order valence-electron chi connectivity index (χ1n) is 8.93. The van der Waals surface area contributed by atoms with Crippen LogP contribution in [0, 0.1) is 6.92 Å². The summed E-state index contributed by atoms with van der Waals surface area (Å²) in [7, 11) is 1.71. The molecule has 3 rings (SSSR count). The summed E-state index contributed by atoms with van der Waals surface area (Å²) in [5.74, 6) is 1.89. The number of allylic oxidation sites excluding steroid dienone is 1. The number of hydrogen-bond acceptors (Lipinski definition) is 5. The van der Waals surface area contributed by atoms with Crippen LogP contribution in [0.5, 0.6) is 23.0 Å². The van der Waals surface area contributed by atoms with Crippen LogP contribution in [0.2, 0.25) is 0 Å². The highest BCUT2D eigenvalue weighted by molar-refractivity contribution is 5.78. The summed E-state index contributed by atoms with van der Waals surface area (Å²) in [6, 6.07) is 14.6. The minimum Gasteiger partial charge on any atom is -0.507 e. The highest BCUT2D eigenvalue weighted by Gasteiger charge is 2.18. The number of aromatic amines is 1. The van der Waals surface area contributed by atoms with Gasteiger partial charge in [-0.15, -0.1) is 0 Å². The Morgan fingerprint density at radius 1 is 1.18 bits per heavy atom. The fraction of sp³-hybridized carbons (Fsp3) is 0.182. The molecule has 0 aliphatic carbocycles. The number of rotatable bonds is 7. The van der Waals surface area contributed by atoms with E-state index in [-0.39, 0.29) is 5.75 Å². The van der Waals surface area contributed by atoms with E-state index in [9.17, 15) is 5.11 Å². The maximum Gasteiger partial charge on any atom is 0.176 e. The number of aromatic nitrogens is 2. The van der Waals surface area contributed by atoms with Gasteiger partial charge in [-0.1, -0.05) is 24.3 Å². The van der Waals surface area contributed by atoms with Gasteiger partial charge in [0.1, 0.15) is 29.5 Å². The second-order valence-corrected chi connectivity index (χ2v) is 6.16. The summed E-state index contributed by atoms with van der Waals surface area (Å²) >= 11 is 0. The maximum atomic E-state index is 10.5. The van der Waals surface area contributed by atoms with E-state index in [2.05, 4.69) is 15.2 Å². The van der Waals surface area contributed by atoms with E-state index in [1.165, 1.54) is 0 Å². The van der Waals surface area contributed by atoms with Crippen LogP contribution >= 0.6 is 0 Å². The zero-order valence-corrected chi connectivity index (χ0v) is 16.1. The summed E-state index contributed by atoms with van der Waals surface area (Å²) < 4.78 is 11.7. The zero-order chi connectivity index (χ0) is 19.9. The summed E-state index contributed by atoms with van der Waals surface area (Å²) in [6.07, 6.45) is 3.68. The topological polar surface area (TPSA) is 79.7 Å². The van der Waals surface area contributed by atoms with E-state index in [0.29, 0.717) is 35.1 Å². The molecule has 2 aromatic carbocycles. The number of ether oxygens (including phenoxy) is 2. The Kier molecular flexibility index (Phi) is 6.11. The molecule has 1 aromatic heterocycles. The molecule has 0 radical (unpaired) electrons. The Morgan fingerprint density at radius 3 is 2.64 bits per heavy atom. The van der Waals surface area contributed by atoms with Crippen molar-refractivity contribution in [1.82, 2.24) is 10.2 Å². The van der Waals surface area contributed by atoms with E-state index < -0.39 is 0 Å². The first kappa shape index (κ1) is 19.2. The zero-order valence-electron chi connectivity index (χ0n) is 16.1. The van der Waals surface area contributed by atoms with Gasteiger partial charge in [-0.2, -0.15) is 5.10 Å². The van der Waals surface area contributed by atoms with Crippen molar-refractivity contribution in [2.75, 3.05) is 13.7 Å². The van der Waals surface area contributed by atoms with E-state index in [4.69, 9.17) is 9.47 Å². The Balaban J connectivity index is 1.83. The van der Waals surface area contributed by atoms with Gasteiger partial charge in [-0.05, 0) is 38.1 Å². The van der Waals surface area contributed by atoms with Crippen molar-refractivity contribution >= 4 is 6.21 Å². The minimum absolute atomic E-state index is 0.0631. The first-order valence-corrected chi connectivity index (χ1v) is 8.93. The third-order valence-corrected chi connectivity index (χ3v) is 4.15. The van der Waals surface area contributed by atoms with Gasteiger partial charge in [0.15, 0.2) is 5.75 Å². The van der Waals surface area contributed by atoms with Crippen molar-refractivity contribution < 1.29 is 14.6 Å². The van der Waals surface area contributed by atoms with Crippen molar-refractivity contribution in [3.63, 3.8) is 0 Å². The number of nitrogens with zero attached hydrogens (tertiary/aromatic N) is 2. The monoisotopic (exact) mass is 377 g/mol. The lowest BCUT2D eigenvalue weighted by atomic mass is 10.1. The van der Waals surface area contributed by atoms with E-state index in [1.54, 1.807) is 31.5 Å². The summed E-state index contributed by atoms with van der Waals surface area (Å²) in [5, 5.41) is 17.8. The number of aromatic hydroxyl groups is 1. The van der Waals surface area contributed by atoms with Crippen LogP contribution in [0.25, 0.3) is 11.3 Å². The third-order valence-electron chi connectivity index (χ3n) is 4.15. The normalized spacial score (nSPS) is 11.8. The van der Waals surface area contributed by atoms with Gasteiger partial charge in [0.05, 0.1) is 5.69 Å². The van der Waals surface area contributed by atoms with E-state index in [1.807, 2.05) is 50.3 Å². The fourth-order valence-electron chi connectivity index (χ4n) is 2.66. The smallest absolute Gasteiger partial charge is 0.176 e. The fourth-order valence-corrected chi connectivity index (χ4v) is 2.66. The molecule has 0 amide bonds. The molecule has 0 saturated heterocycles. The van der Waals surface area contributed by atoms with Crippen LogP contribution in [-0.2, 0) is 0 Å². The summed E-state index contributed by atoms with van der Waals surface area (Å²) in [5.41, 5.74) is 2.82. The Bertz CT molecular complexity index is 992. The molecule has 2 N–H and O–H groups in total. The molecule has 0 spiro atoms. The molecule has 6 heteroatoms. The van der Waals surface area contributed by atoms with Gasteiger partial charge in [0.2, 0.25) is 0 Å². The molecule has 0 aliphatic rings. The minimum atomic E-state index is 0.0631. The number of phenolic OH excluding ortho intramolecular Hbond substituents is 1. The molecular formula is C22H23N3O3. The molecular weight excluding hydrogens is 354 g/mol. The van der Waals surface area contributed by atoms with Gasteiger partial charge >= 0.3 is 0 Å². The average Bonchev–Trinajstić information content (AvgIpc) is 3.06. The van der Waals surface area contributed by atoms with E-state index in [0.717, 1.165) is 11.3 Å². The quantitative estimate of drug-likeness (QED) is 0.574. The average molecular weight is 377 g/mol. The predicted molar refractivity (Wildman–Crippen MR) is 111 cm³/mol. The molecule has 0 saturated carbocycles. The Labute approximate surface area is 164 Å². The van der Waals surface area contributed by atoms with Crippen molar-refractivity contribution in [3.8, 4) is 34.3 Å². The van der Waals surface area contributed by atoms with Crippen LogP contribution < -0.4 is 9.47 Å². The van der Waals surface area contributed by atoms with Gasteiger partial charge in [0.25, 0.3) is 0 Å². The first-order chi connectivity index (χ1) is 13.6. The summed E-state index contributed by atoms with van der Waals surface area (Å²) in [6.45, 7) is 4.17. The number of phenols is 1. The molecule has 0 atom stereocenters. The molecule has 0 unspecified atom stereocenters. The van der Waals surface area contributed by atoms with Gasteiger partial charge < -0.3 is 14.6 Å². The number of aryl methyl sites for hydroxylation is 1. The van der Waals surface area contributed by atoms with Crippen molar-refractivity contribution in [2.45, 2.75) is 13.8 Å². The van der Waals surface area contributed by atoms with Gasteiger partial charge in [-0.3, -0.25) is 10.1 Å². The highest BCUT2D eigenvalue weighted by atomic mass is 16.5. The molecule has 28 heavy (non-hydrogen) atoms. The Hall–Kier alpha value is -3.54. The second-order valence-electron chi connectivity index (χ2n) is 6.16. The molecule has 1 heterocycles. The van der Waals surface area contributed by atoms with Gasteiger partial charge in [-0.25, -0.2) is 0 Å². The largest absolute Gasteiger partial charge is 0.507 e. The molecule has 0 fully saturated rings. The van der Waals surface area contributed by atoms with Crippen LogP contribution in [0.15, 0.2) is 65.2 Å². The maximum absolute atomic E-state index is 10.5. The molecule has 0 bridgehead atoms. The highest BCUT2D eigenvalue weighted by Crippen LogP contribution is 2.39. The molecule has 0 aliphatic heterocycles. The van der Waals surface area contributed by atoms with Crippen molar-refractivity contribution in [3.05, 3.63) is 65.9 Å². The standard InChI is InChI=1S/C22H23N3O3/c1-4-16(13-23-3)14-27-18-10-11-19(20(26)12-18)21-22(15(2)24-25-21)28-17-8-6-5-7-9-17/h4-13,26H,14H2,1-3H3,(H,24,25)/b16-4+,23-13-. The number of H-pyrrole nitrogens is 1. The lowest BCUT2D eigenvalue weighted by molar-refractivity contribution is 0.355. The molecule has 6 nitrogen and oxygen atoms in total. The SMILES string of the molecule is C/C=C(\C=N/C)COc1ccc(-c2n[nH]c(C)c2Oc2ccccc2)c(O)c1. The number of benzene rings is 2.